The van der Waals surface area contributed by atoms with Gasteiger partial charge in [-0.2, -0.15) is 0 Å². The number of fused-ring (bicyclic) bond motifs is 1. The second-order valence-corrected chi connectivity index (χ2v) is 5.65. The first-order chi connectivity index (χ1) is 10.2. The van der Waals surface area contributed by atoms with Gasteiger partial charge in [-0.15, -0.1) is 0 Å². The van der Waals surface area contributed by atoms with E-state index >= 15 is 0 Å². The van der Waals surface area contributed by atoms with Gasteiger partial charge < -0.3 is 14.6 Å². The van der Waals surface area contributed by atoms with E-state index in [9.17, 15) is 5.11 Å². The number of aliphatic hydroxyl groups excluding tert-OH is 1. The lowest BCUT2D eigenvalue weighted by atomic mass is 9.94. The van der Waals surface area contributed by atoms with Crippen molar-refractivity contribution in [3.05, 3.63) is 64.2 Å². The smallest absolute Gasteiger partial charge is 0.127 e. The fourth-order valence-electron chi connectivity index (χ4n) is 2.67. The van der Waals surface area contributed by atoms with Gasteiger partial charge in [-0.05, 0) is 35.4 Å². The molecule has 0 saturated carbocycles. The predicted molar refractivity (Wildman–Crippen MR) is 81.6 cm³/mol. The average molecular weight is 305 g/mol. The summed E-state index contributed by atoms with van der Waals surface area (Å²) in [6.45, 7) is 0.565. The highest BCUT2D eigenvalue weighted by molar-refractivity contribution is 6.30. The van der Waals surface area contributed by atoms with Gasteiger partial charge in [-0.3, -0.25) is 0 Å². The van der Waals surface area contributed by atoms with Crippen LogP contribution in [0.5, 0.6) is 5.75 Å². The van der Waals surface area contributed by atoms with Crippen LogP contribution >= 0.6 is 11.6 Å². The molecule has 0 spiro atoms. The van der Waals surface area contributed by atoms with Crippen LogP contribution in [0.2, 0.25) is 5.02 Å². The number of hydrogen-bond acceptors (Lipinski definition) is 3. The van der Waals surface area contributed by atoms with E-state index in [-0.39, 0.29) is 6.10 Å². The lowest BCUT2D eigenvalue weighted by Gasteiger charge is -2.30. The SMILES string of the molecule is COCc1cccc(C2C[C@H](O)c3cc(Cl)ccc3O2)c1. The monoisotopic (exact) mass is 304 g/mol. The van der Waals surface area contributed by atoms with Crippen molar-refractivity contribution in [3.63, 3.8) is 0 Å². The molecular formula is C17H17ClO3. The summed E-state index contributed by atoms with van der Waals surface area (Å²) in [7, 11) is 1.67. The first-order valence-electron chi connectivity index (χ1n) is 6.89. The molecule has 4 heteroatoms. The normalized spacial score (nSPS) is 20.7. The van der Waals surface area contributed by atoms with Gasteiger partial charge in [0, 0.05) is 24.1 Å². The summed E-state index contributed by atoms with van der Waals surface area (Å²) < 4.78 is 11.2. The van der Waals surface area contributed by atoms with Gasteiger partial charge in [0.15, 0.2) is 0 Å². The minimum atomic E-state index is -0.566. The van der Waals surface area contributed by atoms with Crippen LogP contribution in [0.4, 0.5) is 0 Å². The minimum absolute atomic E-state index is 0.162. The summed E-state index contributed by atoms with van der Waals surface area (Å²) in [4.78, 5) is 0. The van der Waals surface area contributed by atoms with Crippen LogP contribution in [-0.4, -0.2) is 12.2 Å². The van der Waals surface area contributed by atoms with Gasteiger partial charge in [0.1, 0.15) is 11.9 Å². The molecule has 2 atom stereocenters. The minimum Gasteiger partial charge on any atom is -0.485 e. The van der Waals surface area contributed by atoms with E-state index in [2.05, 4.69) is 6.07 Å². The van der Waals surface area contributed by atoms with E-state index in [4.69, 9.17) is 21.1 Å². The van der Waals surface area contributed by atoms with E-state index in [1.165, 1.54) is 0 Å². The van der Waals surface area contributed by atoms with Gasteiger partial charge in [-0.1, -0.05) is 29.8 Å². The van der Waals surface area contributed by atoms with E-state index in [1.807, 2.05) is 24.3 Å². The Morgan fingerprint density at radius 2 is 2.14 bits per heavy atom. The number of halogens is 1. The molecule has 1 N–H and O–H groups in total. The van der Waals surface area contributed by atoms with E-state index in [1.54, 1.807) is 19.2 Å². The molecule has 0 saturated heterocycles. The van der Waals surface area contributed by atoms with E-state index in [0.717, 1.165) is 16.7 Å². The zero-order valence-electron chi connectivity index (χ0n) is 11.8. The molecule has 2 aromatic carbocycles. The molecule has 0 aliphatic carbocycles. The quantitative estimate of drug-likeness (QED) is 0.930. The standard InChI is InChI=1S/C17H17ClO3/c1-20-10-11-3-2-4-12(7-11)17-9-15(19)14-8-13(18)5-6-16(14)21-17/h2-8,15,17,19H,9-10H2,1H3/t15-,17?/m0/s1. The Morgan fingerprint density at radius 3 is 2.95 bits per heavy atom. The van der Waals surface area contributed by atoms with Crippen LogP contribution in [0.1, 0.15) is 35.3 Å². The number of rotatable bonds is 3. The van der Waals surface area contributed by atoms with Crippen LogP contribution < -0.4 is 4.74 Å². The molecule has 1 unspecified atom stereocenters. The van der Waals surface area contributed by atoms with Crippen LogP contribution in [0.3, 0.4) is 0 Å². The summed E-state index contributed by atoms with van der Waals surface area (Å²) in [5.74, 6) is 0.695. The summed E-state index contributed by atoms with van der Waals surface area (Å²) in [6.07, 6.45) is -0.210. The molecule has 110 valence electrons. The van der Waals surface area contributed by atoms with Crippen LogP contribution in [-0.2, 0) is 11.3 Å². The number of benzene rings is 2. The second kappa shape index (κ2) is 6.06. The van der Waals surface area contributed by atoms with Crippen molar-refractivity contribution in [1.29, 1.82) is 0 Å². The third-order valence-electron chi connectivity index (χ3n) is 3.67. The van der Waals surface area contributed by atoms with E-state index < -0.39 is 6.10 Å². The van der Waals surface area contributed by atoms with Crippen molar-refractivity contribution in [2.24, 2.45) is 0 Å². The maximum Gasteiger partial charge on any atom is 0.127 e. The Kier molecular flexibility index (Phi) is 4.15. The highest BCUT2D eigenvalue weighted by Crippen LogP contribution is 2.41. The summed E-state index contributed by atoms with van der Waals surface area (Å²) >= 11 is 5.97. The zero-order chi connectivity index (χ0) is 14.8. The highest BCUT2D eigenvalue weighted by atomic mass is 35.5. The Morgan fingerprint density at radius 1 is 1.29 bits per heavy atom. The summed E-state index contributed by atoms with van der Waals surface area (Å²) in [5.41, 5.74) is 2.89. The predicted octanol–water partition coefficient (Wildman–Crippen LogP) is 4.04. The number of hydrogen-bond donors (Lipinski definition) is 1. The first-order valence-corrected chi connectivity index (χ1v) is 7.27. The maximum atomic E-state index is 10.3. The van der Waals surface area contributed by atoms with Crippen molar-refractivity contribution >= 4 is 11.6 Å². The van der Waals surface area contributed by atoms with Gasteiger partial charge in [0.05, 0.1) is 12.7 Å². The highest BCUT2D eigenvalue weighted by Gasteiger charge is 2.28. The Labute approximate surface area is 129 Å². The number of ether oxygens (including phenoxy) is 2. The van der Waals surface area contributed by atoms with Gasteiger partial charge in [0.2, 0.25) is 0 Å². The topological polar surface area (TPSA) is 38.7 Å². The lowest BCUT2D eigenvalue weighted by Crippen LogP contribution is -2.19. The Balaban J connectivity index is 1.88. The molecule has 3 rings (SSSR count). The Bertz CT molecular complexity index is 642. The number of aliphatic hydroxyl groups is 1. The first kappa shape index (κ1) is 14.4. The second-order valence-electron chi connectivity index (χ2n) is 5.22. The molecule has 0 radical (unpaired) electrons. The molecule has 2 aromatic rings. The average Bonchev–Trinajstić information content (AvgIpc) is 2.48. The molecule has 0 amide bonds. The van der Waals surface area contributed by atoms with Crippen molar-refractivity contribution < 1.29 is 14.6 Å². The lowest BCUT2D eigenvalue weighted by molar-refractivity contribution is 0.0656. The van der Waals surface area contributed by atoms with Crippen molar-refractivity contribution in [2.75, 3.05) is 7.11 Å². The van der Waals surface area contributed by atoms with Crippen molar-refractivity contribution in [1.82, 2.24) is 0 Å². The fraction of sp³-hybridized carbons (Fsp3) is 0.294. The van der Waals surface area contributed by atoms with E-state index in [0.29, 0.717) is 23.8 Å². The molecule has 3 nitrogen and oxygen atoms in total. The molecular weight excluding hydrogens is 288 g/mol. The third-order valence-corrected chi connectivity index (χ3v) is 3.91. The molecule has 1 heterocycles. The zero-order valence-corrected chi connectivity index (χ0v) is 12.5. The third kappa shape index (κ3) is 3.05. The molecule has 0 fully saturated rings. The van der Waals surface area contributed by atoms with Crippen molar-refractivity contribution in [3.8, 4) is 5.75 Å². The molecule has 1 aliphatic rings. The molecule has 21 heavy (non-hydrogen) atoms. The van der Waals surface area contributed by atoms with Gasteiger partial charge in [0.25, 0.3) is 0 Å². The van der Waals surface area contributed by atoms with Gasteiger partial charge >= 0.3 is 0 Å². The van der Waals surface area contributed by atoms with Crippen LogP contribution in [0, 0.1) is 0 Å². The number of methoxy groups -OCH3 is 1. The molecule has 0 bridgehead atoms. The van der Waals surface area contributed by atoms with Crippen LogP contribution in [0.25, 0.3) is 0 Å². The van der Waals surface area contributed by atoms with Gasteiger partial charge in [-0.25, -0.2) is 0 Å². The molecule has 1 aliphatic heterocycles. The Hall–Kier alpha value is -1.55. The van der Waals surface area contributed by atoms with Crippen molar-refractivity contribution in [2.45, 2.75) is 25.2 Å². The van der Waals surface area contributed by atoms with Crippen LogP contribution in [0.15, 0.2) is 42.5 Å². The molecule has 0 aromatic heterocycles. The fourth-order valence-corrected chi connectivity index (χ4v) is 2.85. The largest absolute Gasteiger partial charge is 0.485 e. The maximum absolute atomic E-state index is 10.3. The summed E-state index contributed by atoms with van der Waals surface area (Å²) in [6, 6.07) is 13.4. The summed E-state index contributed by atoms with van der Waals surface area (Å²) in [5, 5.41) is 10.9.